The fourth-order valence-electron chi connectivity index (χ4n) is 1.11. The maximum Gasteiger partial charge on any atom is 0.147 e. The molecular formula is C7H13FN. The van der Waals surface area contributed by atoms with Crippen LogP contribution in [0.1, 0.15) is 19.8 Å². The molecule has 2 heteroatoms. The molecule has 1 nitrogen and oxygen atoms in total. The summed E-state index contributed by atoms with van der Waals surface area (Å²) in [5, 5.41) is 0. The molecule has 0 aromatic rings. The van der Waals surface area contributed by atoms with Gasteiger partial charge in [0, 0.05) is 13.1 Å². The van der Waals surface area contributed by atoms with E-state index < -0.39 is 0 Å². The van der Waals surface area contributed by atoms with Gasteiger partial charge in [-0.15, -0.1) is 0 Å². The third-order valence-electron chi connectivity index (χ3n) is 1.85. The number of nitrogens with zero attached hydrogens (tertiary/aromatic N) is 1. The third-order valence-corrected chi connectivity index (χ3v) is 1.85. The maximum atomic E-state index is 12.4. The Balaban J connectivity index is 2.18. The molecule has 1 heterocycles. The van der Waals surface area contributed by atoms with E-state index >= 15 is 0 Å². The Morgan fingerprint density at radius 1 is 1.44 bits per heavy atom. The van der Waals surface area contributed by atoms with E-state index in [1.54, 1.807) is 0 Å². The normalized spacial score (nSPS) is 24.7. The first kappa shape index (κ1) is 7.00. The quantitative estimate of drug-likeness (QED) is 0.521. The molecule has 0 N–H and O–H groups in total. The molecule has 1 radical (unpaired) electrons. The second kappa shape index (κ2) is 3.16. The Morgan fingerprint density at radius 2 is 2.00 bits per heavy atom. The minimum absolute atomic E-state index is 0.180. The van der Waals surface area contributed by atoms with E-state index in [2.05, 4.69) is 11.8 Å². The van der Waals surface area contributed by atoms with Crippen molar-refractivity contribution in [3.63, 3.8) is 0 Å². The van der Waals surface area contributed by atoms with Crippen LogP contribution in [0.5, 0.6) is 0 Å². The minimum Gasteiger partial charge on any atom is -0.303 e. The molecule has 0 aliphatic carbocycles. The molecule has 53 valence electrons. The molecule has 9 heavy (non-hydrogen) atoms. The molecule has 0 bridgehead atoms. The summed E-state index contributed by atoms with van der Waals surface area (Å²) < 4.78 is 12.4. The van der Waals surface area contributed by atoms with Crippen molar-refractivity contribution in [1.82, 2.24) is 4.90 Å². The van der Waals surface area contributed by atoms with Crippen LogP contribution in [0.25, 0.3) is 0 Å². The van der Waals surface area contributed by atoms with Crippen molar-refractivity contribution in [3.05, 3.63) is 6.17 Å². The fourth-order valence-corrected chi connectivity index (χ4v) is 1.11. The Labute approximate surface area is 55.8 Å². The van der Waals surface area contributed by atoms with Gasteiger partial charge in [-0.1, -0.05) is 6.92 Å². The summed E-state index contributed by atoms with van der Waals surface area (Å²) in [6, 6.07) is 0. The molecule has 0 aromatic carbocycles. The highest BCUT2D eigenvalue weighted by molar-refractivity contribution is 4.83. The Hall–Kier alpha value is -0.110. The maximum absolute atomic E-state index is 12.4. The largest absolute Gasteiger partial charge is 0.303 e. The molecule has 1 saturated heterocycles. The average molecular weight is 130 g/mol. The lowest BCUT2D eigenvalue weighted by atomic mass is 10.1. The summed E-state index contributed by atoms with van der Waals surface area (Å²) >= 11 is 0. The van der Waals surface area contributed by atoms with Crippen LogP contribution in [0.15, 0.2) is 0 Å². The van der Waals surface area contributed by atoms with E-state index in [4.69, 9.17) is 0 Å². The molecule has 1 rings (SSSR count). The van der Waals surface area contributed by atoms with Crippen LogP contribution in [0.2, 0.25) is 0 Å². The summed E-state index contributed by atoms with van der Waals surface area (Å²) in [6.07, 6.45) is 1.50. The van der Waals surface area contributed by atoms with E-state index in [-0.39, 0.29) is 6.17 Å². The Kier molecular flexibility index (Phi) is 2.46. The van der Waals surface area contributed by atoms with Gasteiger partial charge in [0.2, 0.25) is 0 Å². The third kappa shape index (κ3) is 1.94. The topological polar surface area (TPSA) is 3.24 Å². The summed E-state index contributed by atoms with van der Waals surface area (Å²) in [6.45, 7) is 5.02. The summed E-state index contributed by atoms with van der Waals surface area (Å²) in [7, 11) is 0. The molecule has 0 atom stereocenters. The Morgan fingerprint density at radius 3 is 2.44 bits per heavy atom. The zero-order valence-electron chi connectivity index (χ0n) is 5.86. The van der Waals surface area contributed by atoms with Crippen LogP contribution < -0.4 is 0 Å². The molecule has 0 saturated carbocycles. The van der Waals surface area contributed by atoms with Crippen LogP contribution >= 0.6 is 0 Å². The van der Waals surface area contributed by atoms with Gasteiger partial charge in [0.05, 0.1) is 0 Å². The van der Waals surface area contributed by atoms with Gasteiger partial charge in [-0.3, -0.25) is 0 Å². The molecule has 0 spiro atoms. The molecule has 0 aromatic heterocycles. The van der Waals surface area contributed by atoms with Crippen molar-refractivity contribution < 1.29 is 4.39 Å². The van der Waals surface area contributed by atoms with Crippen LogP contribution in [0, 0.1) is 6.17 Å². The number of hydrogen-bond donors (Lipinski definition) is 0. The molecule has 0 amide bonds. The van der Waals surface area contributed by atoms with Crippen molar-refractivity contribution in [2.75, 3.05) is 19.6 Å². The van der Waals surface area contributed by atoms with Gasteiger partial charge in [-0.25, -0.2) is 4.39 Å². The standard InChI is InChI=1S/C7H13FN/c1-2-9-5-3-7(8)4-6-9/h2-6H2,1H3. The van der Waals surface area contributed by atoms with Gasteiger partial charge < -0.3 is 4.90 Å². The lowest BCUT2D eigenvalue weighted by Gasteiger charge is -2.26. The number of halogens is 1. The van der Waals surface area contributed by atoms with E-state index in [0.29, 0.717) is 12.8 Å². The minimum atomic E-state index is 0.180. The second-order valence-corrected chi connectivity index (χ2v) is 2.45. The van der Waals surface area contributed by atoms with E-state index in [1.165, 1.54) is 0 Å². The van der Waals surface area contributed by atoms with Gasteiger partial charge in [0.15, 0.2) is 0 Å². The van der Waals surface area contributed by atoms with E-state index in [9.17, 15) is 4.39 Å². The van der Waals surface area contributed by atoms with Crippen molar-refractivity contribution in [2.45, 2.75) is 19.8 Å². The van der Waals surface area contributed by atoms with Crippen LogP contribution in [-0.2, 0) is 0 Å². The summed E-state index contributed by atoms with van der Waals surface area (Å²) in [5.74, 6) is 0. The SMILES string of the molecule is CCN1CC[C](F)CC1. The molecule has 1 fully saturated rings. The Bertz CT molecular complexity index is 77.0. The molecule has 0 unspecified atom stereocenters. The first-order chi connectivity index (χ1) is 4.33. The van der Waals surface area contributed by atoms with Gasteiger partial charge in [-0.2, -0.15) is 0 Å². The highest BCUT2D eigenvalue weighted by Gasteiger charge is 2.17. The second-order valence-electron chi connectivity index (χ2n) is 2.45. The van der Waals surface area contributed by atoms with Crippen LogP contribution in [0.4, 0.5) is 4.39 Å². The highest BCUT2D eigenvalue weighted by atomic mass is 19.1. The van der Waals surface area contributed by atoms with Gasteiger partial charge in [0.1, 0.15) is 6.17 Å². The van der Waals surface area contributed by atoms with Crippen LogP contribution in [-0.4, -0.2) is 24.5 Å². The van der Waals surface area contributed by atoms with Gasteiger partial charge >= 0.3 is 0 Å². The van der Waals surface area contributed by atoms with E-state index in [1.807, 2.05) is 0 Å². The monoisotopic (exact) mass is 130 g/mol. The van der Waals surface area contributed by atoms with Crippen molar-refractivity contribution >= 4 is 0 Å². The highest BCUT2D eigenvalue weighted by Crippen LogP contribution is 2.19. The van der Waals surface area contributed by atoms with Crippen molar-refractivity contribution in [1.29, 1.82) is 0 Å². The fraction of sp³-hybridized carbons (Fsp3) is 0.857. The first-order valence-electron chi connectivity index (χ1n) is 3.55. The lowest BCUT2D eigenvalue weighted by molar-refractivity contribution is 0.214. The summed E-state index contributed by atoms with van der Waals surface area (Å²) in [5.41, 5.74) is 0. The molecular weight excluding hydrogens is 117 g/mol. The smallest absolute Gasteiger partial charge is 0.147 e. The molecule has 1 aliphatic heterocycles. The number of piperidine rings is 1. The lowest BCUT2D eigenvalue weighted by Crippen LogP contribution is -2.31. The number of likely N-dealkylation sites (tertiary alicyclic amines) is 1. The number of rotatable bonds is 1. The first-order valence-corrected chi connectivity index (χ1v) is 3.55. The molecule has 1 aliphatic rings. The van der Waals surface area contributed by atoms with Gasteiger partial charge in [0.25, 0.3) is 0 Å². The number of hydrogen-bond acceptors (Lipinski definition) is 1. The van der Waals surface area contributed by atoms with E-state index in [0.717, 1.165) is 19.6 Å². The predicted octanol–water partition coefficient (Wildman–Crippen LogP) is 1.60. The zero-order chi connectivity index (χ0) is 6.69. The van der Waals surface area contributed by atoms with Gasteiger partial charge in [-0.05, 0) is 19.4 Å². The average Bonchev–Trinajstić information content (AvgIpc) is 1.90. The zero-order valence-corrected chi connectivity index (χ0v) is 5.86. The van der Waals surface area contributed by atoms with Crippen LogP contribution in [0.3, 0.4) is 0 Å². The van der Waals surface area contributed by atoms with Crippen molar-refractivity contribution in [2.24, 2.45) is 0 Å². The predicted molar refractivity (Wildman–Crippen MR) is 35.7 cm³/mol. The van der Waals surface area contributed by atoms with Crippen molar-refractivity contribution in [3.8, 4) is 0 Å². The summed E-state index contributed by atoms with van der Waals surface area (Å²) in [4.78, 5) is 2.27.